The van der Waals surface area contributed by atoms with Gasteiger partial charge in [0.15, 0.2) is 0 Å². The molecule has 0 unspecified atom stereocenters. The Morgan fingerprint density at radius 2 is 1.74 bits per heavy atom. The summed E-state index contributed by atoms with van der Waals surface area (Å²) in [6, 6.07) is 18.2. The maximum atomic E-state index is 14.5. The Labute approximate surface area is 202 Å². The van der Waals surface area contributed by atoms with Crippen LogP contribution in [0.4, 0.5) is 8.78 Å². The summed E-state index contributed by atoms with van der Waals surface area (Å²) in [6.45, 7) is -0.393. The van der Waals surface area contributed by atoms with Crippen molar-refractivity contribution in [3.8, 4) is 11.5 Å². The summed E-state index contributed by atoms with van der Waals surface area (Å²) in [5.41, 5.74) is 0.260. The third kappa shape index (κ3) is 6.30. The highest BCUT2D eigenvalue weighted by atomic mass is 19.1. The molecule has 0 saturated heterocycles. The number of methoxy groups -OCH3 is 1. The largest absolute Gasteiger partial charge is 0.497 e. The van der Waals surface area contributed by atoms with Crippen LogP contribution in [-0.4, -0.2) is 33.6 Å². The van der Waals surface area contributed by atoms with E-state index in [1.807, 2.05) is 42.5 Å². The summed E-state index contributed by atoms with van der Waals surface area (Å²) in [5, 5.41) is 15.3. The zero-order valence-corrected chi connectivity index (χ0v) is 19.1. The Balaban J connectivity index is 1.41. The lowest BCUT2D eigenvalue weighted by Gasteiger charge is -2.29. The average molecular weight is 478 g/mol. The summed E-state index contributed by atoms with van der Waals surface area (Å²) in [5.74, 6) is -0.275. The van der Waals surface area contributed by atoms with Gasteiger partial charge in [-0.15, -0.1) is 0 Å². The molecule has 6 nitrogen and oxygen atoms in total. The number of hydrogen-bond acceptors (Lipinski definition) is 5. The molecule has 1 aromatic heterocycles. The average Bonchev–Trinajstić information content (AvgIpc) is 3.36. The molecule has 8 heteroatoms. The highest BCUT2D eigenvalue weighted by Crippen LogP contribution is 2.28. The molecule has 0 bridgehead atoms. The van der Waals surface area contributed by atoms with Gasteiger partial charge in [0.25, 0.3) is 0 Å². The van der Waals surface area contributed by atoms with Crippen LogP contribution in [0, 0.1) is 11.6 Å². The highest BCUT2D eigenvalue weighted by molar-refractivity contribution is 5.51. The van der Waals surface area contributed by atoms with Crippen molar-refractivity contribution >= 4 is 6.08 Å². The second-order valence-electron chi connectivity index (χ2n) is 8.06. The van der Waals surface area contributed by atoms with Crippen LogP contribution in [0.3, 0.4) is 0 Å². The van der Waals surface area contributed by atoms with E-state index in [1.54, 1.807) is 19.2 Å². The van der Waals surface area contributed by atoms with E-state index in [9.17, 15) is 13.9 Å². The number of aromatic nitrogens is 3. The zero-order chi connectivity index (χ0) is 24.7. The van der Waals surface area contributed by atoms with Crippen LogP contribution in [0.2, 0.25) is 0 Å². The van der Waals surface area contributed by atoms with E-state index in [-0.39, 0.29) is 18.7 Å². The molecule has 0 amide bonds. The minimum Gasteiger partial charge on any atom is -0.497 e. The number of hydrogen-bond donors (Lipinski definition) is 1. The predicted octanol–water partition coefficient (Wildman–Crippen LogP) is 4.79. The fourth-order valence-corrected chi connectivity index (χ4v) is 3.63. The van der Waals surface area contributed by atoms with Gasteiger partial charge in [-0.1, -0.05) is 42.5 Å². The standard InChI is InChI=1S/C27H25F2N3O3/c1-34-23-10-5-20(6-11-23)3-2-4-21-7-12-24(13-8-21)35-17-27(33,16-32-19-30-18-31-32)25-14-9-22(28)15-26(25)29/h2-3,5-15,18-19,33H,4,16-17H2,1H3/b3-2+/t27-/m0/s1. The first-order valence-corrected chi connectivity index (χ1v) is 11.0. The molecule has 3 aromatic carbocycles. The van der Waals surface area contributed by atoms with Crippen LogP contribution >= 0.6 is 0 Å². The second kappa shape index (κ2) is 10.9. The Hall–Kier alpha value is -4.04. The molecule has 35 heavy (non-hydrogen) atoms. The third-order valence-corrected chi connectivity index (χ3v) is 5.50. The van der Waals surface area contributed by atoms with Gasteiger partial charge in [0.05, 0.1) is 13.7 Å². The van der Waals surface area contributed by atoms with Crippen molar-refractivity contribution in [1.82, 2.24) is 14.8 Å². The second-order valence-corrected chi connectivity index (χ2v) is 8.06. The number of ether oxygens (including phenoxy) is 2. The summed E-state index contributed by atoms with van der Waals surface area (Å²) in [4.78, 5) is 3.85. The van der Waals surface area contributed by atoms with Crippen molar-refractivity contribution < 1.29 is 23.4 Å². The third-order valence-electron chi connectivity index (χ3n) is 5.50. The minimum atomic E-state index is -1.80. The van der Waals surface area contributed by atoms with Crippen molar-refractivity contribution in [3.05, 3.63) is 114 Å². The van der Waals surface area contributed by atoms with E-state index in [0.717, 1.165) is 35.4 Å². The molecule has 1 heterocycles. The quantitative estimate of drug-likeness (QED) is 0.356. The normalized spacial score (nSPS) is 13.0. The van der Waals surface area contributed by atoms with Crippen molar-refractivity contribution in [3.63, 3.8) is 0 Å². The summed E-state index contributed by atoms with van der Waals surface area (Å²) in [6.07, 6.45) is 7.53. The molecule has 0 spiro atoms. The smallest absolute Gasteiger partial charge is 0.146 e. The molecule has 0 fully saturated rings. The molecule has 0 aliphatic carbocycles. The van der Waals surface area contributed by atoms with E-state index < -0.39 is 17.2 Å². The lowest BCUT2D eigenvalue weighted by molar-refractivity contribution is -0.0297. The van der Waals surface area contributed by atoms with Crippen LogP contribution in [0.1, 0.15) is 16.7 Å². The molecular formula is C27H25F2N3O3. The molecule has 1 N–H and O–H groups in total. The van der Waals surface area contributed by atoms with Crippen LogP contribution in [0.25, 0.3) is 6.08 Å². The van der Waals surface area contributed by atoms with E-state index >= 15 is 0 Å². The molecule has 0 saturated carbocycles. The predicted molar refractivity (Wildman–Crippen MR) is 128 cm³/mol. The van der Waals surface area contributed by atoms with E-state index in [2.05, 4.69) is 16.2 Å². The van der Waals surface area contributed by atoms with Crippen molar-refractivity contribution in [2.75, 3.05) is 13.7 Å². The molecule has 1 atom stereocenters. The molecule has 0 aliphatic heterocycles. The minimum absolute atomic E-state index is 0.0883. The first-order valence-electron chi connectivity index (χ1n) is 11.0. The maximum Gasteiger partial charge on any atom is 0.146 e. The molecular weight excluding hydrogens is 452 g/mol. The van der Waals surface area contributed by atoms with Gasteiger partial charge in [0, 0.05) is 11.6 Å². The SMILES string of the molecule is COc1ccc(/C=C/Cc2ccc(OC[C@@](O)(Cn3cncn3)c3ccc(F)cc3F)cc2)cc1. The fraction of sp³-hybridized carbons (Fsp3) is 0.185. The van der Waals surface area contributed by atoms with E-state index in [1.165, 1.54) is 23.4 Å². The number of aliphatic hydroxyl groups is 1. The molecule has 4 aromatic rings. The topological polar surface area (TPSA) is 69.4 Å². The number of rotatable bonds is 10. The van der Waals surface area contributed by atoms with Gasteiger partial charge in [0.1, 0.15) is 48.0 Å². The van der Waals surface area contributed by atoms with Crippen LogP contribution in [0.5, 0.6) is 11.5 Å². The first-order chi connectivity index (χ1) is 16.9. The lowest BCUT2D eigenvalue weighted by Crippen LogP contribution is -2.39. The summed E-state index contributed by atoms with van der Waals surface area (Å²) < 4.78 is 40.3. The highest BCUT2D eigenvalue weighted by Gasteiger charge is 2.34. The molecule has 0 radical (unpaired) electrons. The van der Waals surface area contributed by atoms with Gasteiger partial charge in [-0.25, -0.2) is 18.4 Å². The number of nitrogens with zero attached hydrogens (tertiary/aromatic N) is 3. The fourth-order valence-electron chi connectivity index (χ4n) is 3.63. The lowest BCUT2D eigenvalue weighted by atomic mass is 9.94. The monoisotopic (exact) mass is 477 g/mol. The summed E-state index contributed by atoms with van der Waals surface area (Å²) >= 11 is 0. The van der Waals surface area contributed by atoms with Gasteiger partial charge >= 0.3 is 0 Å². The van der Waals surface area contributed by atoms with Crippen molar-refractivity contribution in [2.24, 2.45) is 0 Å². The van der Waals surface area contributed by atoms with Crippen LogP contribution < -0.4 is 9.47 Å². The Kier molecular flexibility index (Phi) is 7.52. The zero-order valence-electron chi connectivity index (χ0n) is 19.1. The number of allylic oxidation sites excluding steroid dienone is 1. The van der Waals surface area contributed by atoms with Gasteiger partial charge in [-0.05, 0) is 47.9 Å². The summed E-state index contributed by atoms with van der Waals surface area (Å²) in [7, 11) is 1.64. The van der Waals surface area contributed by atoms with Gasteiger partial charge in [-0.3, -0.25) is 0 Å². The van der Waals surface area contributed by atoms with Gasteiger partial charge in [0.2, 0.25) is 0 Å². The van der Waals surface area contributed by atoms with E-state index in [4.69, 9.17) is 9.47 Å². The molecule has 4 rings (SSSR count). The Morgan fingerprint density at radius 1 is 1.00 bits per heavy atom. The first kappa shape index (κ1) is 24.1. The number of benzene rings is 3. The number of halogens is 2. The van der Waals surface area contributed by atoms with Crippen LogP contribution in [-0.2, 0) is 18.6 Å². The van der Waals surface area contributed by atoms with Crippen molar-refractivity contribution in [1.29, 1.82) is 0 Å². The van der Waals surface area contributed by atoms with Gasteiger partial charge < -0.3 is 14.6 Å². The van der Waals surface area contributed by atoms with E-state index in [0.29, 0.717) is 5.75 Å². The van der Waals surface area contributed by atoms with Gasteiger partial charge in [-0.2, -0.15) is 5.10 Å². The van der Waals surface area contributed by atoms with Crippen LogP contribution in [0.15, 0.2) is 85.5 Å². The Morgan fingerprint density at radius 3 is 2.40 bits per heavy atom. The maximum absolute atomic E-state index is 14.5. The molecule has 0 aliphatic rings. The van der Waals surface area contributed by atoms with Crippen molar-refractivity contribution in [2.45, 2.75) is 18.6 Å². The Bertz CT molecular complexity index is 1260. The molecule has 180 valence electrons.